The number of aromatic nitrogens is 2. The highest BCUT2D eigenvalue weighted by atomic mass is 19.1. The predicted octanol–water partition coefficient (Wildman–Crippen LogP) is 4.88. The summed E-state index contributed by atoms with van der Waals surface area (Å²) in [6, 6.07) is 9.35. The molecule has 7 heteroatoms. The van der Waals surface area contributed by atoms with Gasteiger partial charge >= 0.3 is 0 Å². The molecule has 1 fully saturated rings. The second-order valence-corrected chi connectivity index (χ2v) is 9.60. The summed E-state index contributed by atoms with van der Waals surface area (Å²) >= 11 is 0. The number of amides is 1. The number of rotatable bonds is 4. The van der Waals surface area contributed by atoms with Crippen molar-refractivity contribution in [1.29, 1.82) is 0 Å². The minimum absolute atomic E-state index is 0.183. The Bertz CT molecular complexity index is 1190. The topological polar surface area (TPSA) is 58.1 Å². The molecule has 1 amide bonds. The third-order valence-corrected chi connectivity index (χ3v) is 6.70. The molecule has 0 unspecified atom stereocenters. The number of benzene rings is 1. The number of anilines is 1. The number of nitrogens with one attached hydrogen (secondary N) is 1. The van der Waals surface area contributed by atoms with Crippen molar-refractivity contribution in [2.24, 2.45) is 5.41 Å². The number of carbonyl (C=O) groups is 1. The van der Waals surface area contributed by atoms with Gasteiger partial charge in [-0.2, -0.15) is 0 Å². The first-order valence-electron chi connectivity index (χ1n) is 11.3. The number of pyridine rings is 2. The Labute approximate surface area is 191 Å². The Kier molecular flexibility index (Phi) is 5.35. The first kappa shape index (κ1) is 21.5. The van der Waals surface area contributed by atoms with E-state index < -0.39 is 11.6 Å². The Morgan fingerprint density at radius 3 is 2.45 bits per heavy atom. The number of piperidine rings is 1. The van der Waals surface area contributed by atoms with Gasteiger partial charge in [-0.1, -0.05) is 19.9 Å². The Balaban J connectivity index is 1.45. The number of fused-ring (bicyclic) bond motifs is 1. The fraction of sp³-hybridized carbons (Fsp3) is 0.346. The molecule has 1 aromatic carbocycles. The van der Waals surface area contributed by atoms with Crippen LogP contribution in [0.5, 0.6) is 0 Å². The first-order valence-corrected chi connectivity index (χ1v) is 11.3. The summed E-state index contributed by atoms with van der Waals surface area (Å²) in [5, 5.41) is 2.76. The van der Waals surface area contributed by atoms with E-state index in [2.05, 4.69) is 40.1 Å². The van der Waals surface area contributed by atoms with Crippen LogP contribution in [0.1, 0.15) is 54.0 Å². The number of hydrogen-bond donors (Lipinski definition) is 1. The van der Waals surface area contributed by atoms with E-state index >= 15 is 0 Å². The van der Waals surface area contributed by atoms with Crippen molar-refractivity contribution in [2.45, 2.75) is 39.7 Å². The van der Waals surface area contributed by atoms with Crippen molar-refractivity contribution < 1.29 is 13.6 Å². The van der Waals surface area contributed by atoms with Crippen LogP contribution in [0.2, 0.25) is 0 Å². The lowest BCUT2D eigenvalue weighted by Crippen LogP contribution is -2.37. The Hall–Kier alpha value is -3.35. The summed E-state index contributed by atoms with van der Waals surface area (Å²) in [5.41, 5.74) is 3.88. The lowest BCUT2D eigenvalue weighted by atomic mass is 9.82. The van der Waals surface area contributed by atoms with E-state index in [-0.39, 0.29) is 23.7 Å². The van der Waals surface area contributed by atoms with Crippen molar-refractivity contribution in [1.82, 2.24) is 15.3 Å². The molecular formula is C26H26F2N4O. The summed E-state index contributed by atoms with van der Waals surface area (Å²) < 4.78 is 28.8. The van der Waals surface area contributed by atoms with Crippen molar-refractivity contribution in [3.63, 3.8) is 0 Å². The Morgan fingerprint density at radius 1 is 1.06 bits per heavy atom. The monoisotopic (exact) mass is 448 g/mol. The van der Waals surface area contributed by atoms with E-state index in [9.17, 15) is 13.6 Å². The molecule has 1 N–H and O–H groups in total. The van der Waals surface area contributed by atoms with E-state index in [1.165, 1.54) is 18.2 Å². The minimum Gasteiger partial charge on any atom is -0.370 e. The van der Waals surface area contributed by atoms with E-state index in [1.54, 1.807) is 6.07 Å². The molecular weight excluding hydrogens is 422 g/mol. The quantitative estimate of drug-likeness (QED) is 0.618. The molecule has 2 aromatic heterocycles. The van der Waals surface area contributed by atoms with Gasteiger partial charge in [0.1, 0.15) is 11.6 Å². The van der Waals surface area contributed by atoms with Crippen molar-refractivity contribution in [2.75, 3.05) is 18.0 Å². The van der Waals surface area contributed by atoms with Gasteiger partial charge < -0.3 is 10.2 Å². The average molecular weight is 449 g/mol. The molecule has 0 atom stereocenters. The molecule has 33 heavy (non-hydrogen) atoms. The van der Waals surface area contributed by atoms with Gasteiger partial charge in [-0.25, -0.2) is 13.8 Å². The predicted molar refractivity (Wildman–Crippen MR) is 123 cm³/mol. The standard InChI is InChI=1S/C26H26F2N4O/c1-26(2)8-10-32(11-9-26)18-7-6-17(29-14-18)12-16-13-21(24-19(27)4-3-5-20(24)28)31-22-15-30-25(33)23(16)22/h3-7,13-14H,8-12,15H2,1-2H3,(H,30,33). The van der Waals surface area contributed by atoms with Crippen LogP contribution < -0.4 is 10.2 Å². The largest absolute Gasteiger partial charge is 0.370 e. The smallest absolute Gasteiger partial charge is 0.253 e. The van der Waals surface area contributed by atoms with Crippen LogP contribution in [-0.4, -0.2) is 29.0 Å². The fourth-order valence-corrected chi connectivity index (χ4v) is 4.60. The molecule has 0 radical (unpaired) electrons. The van der Waals surface area contributed by atoms with E-state index in [0.717, 1.165) is 37.3 Å². The lowest BCUT2D eigenvalue weighted by molar-refractivity contribution is 0.0965. The van der Waals surface area contributed by atoms with Gasteiger partial charge in [-0.05, 0) is 54.2 Å². The molecule has 5 rings (SSSR count). The average Bonchev–Trinajstić information content (AvgIpc) is 3.15. The number of nitrogens with zero attached hydrogens (tertiary/aromatic N) is 3. The highest BCUT2D eigenvalue weighted by Gasteiger charge is 2.28. The molecule has 5 nitrogen and oxygen atoms in total. The maximum absolute atomic E-state index is 14.4. The molecule has 2 aliphatic heterocycles. The van der Waals surface area contributed by atoms with E-state index in [0.29, 0.717) is 28.7 Å². The number of carbonyl (C=O) groups excluding carboxylic acids is 1. The van der Waals surface area contributed by atoms with Crippen molar-refractivity contribution in [3.05, 3.63) is 76.7 Å². The van der Waals surface area contributed by atoms with Gasteiger partial charge in [0, 0.05) is 25.2 Å². The van der Waals surface area contributed by atoms with Gasteiger partial charge in [0.05, 0.1) is 40.9 Å². The van der Waals surface area contributed by atoms with Crippen LogP contribution in [0.4, 0.5) is 14.5 Å². The zero-order valence-corrected chi connectivity index (χ0v) is 18.8. The summed E-state index contributed by atoms with van der Waals surface area (Å²) in [7, 11) is 0. The number of halogens is 2. The molecule has 2 aliphatic rings. The molecule has 170 valence electrons. The fourth-order valence-electron chi connectivity index (χ4n) is 4.60. The minimum atomic E-state index is -0.683. The lowest BCUT2D eigenvalue weighted by Gasteiger charge is -2.38. The number of hydrogen-bond acceptors (Lipinski definition) is 4. The van der Waals surface area contributed by atoms with Gasteiger partial charge in [-0.15, -0.1) is 0 Å². The van der Waals surface area contributed by atoms with Gasteiger partial charge in [0.2, 0.25) is 0 Å². The van der Waals surface area contributed by atoms with Crippen LogP contribution in [0.25, 0.3) is 11.3 Å². The molecule has 0 spiro atoms. The summed E-state index contributed by atoms with van der Waals surface area (Å²) in [6.07, 6.45) is 4.52. The van der Waals surface area contributed by atoms with Crippen LogP contribution in [0, 0.1) is 17.0 Å². The van der Waals surface area contributed by atoms with Gasteiger partial charge in [0.25, 0.3) is 5.91 Å². The third kappa shape index (κ3) is 4.19. The summed E-state index contributed by atoms with van der Waals surface area (Å²) in [5.74, 6) is -1.59. The van der Waals surface area contributed by atoms with Gasteiger partial charge in [-0.3, -0.25) is 9.78 Å². The third-order valence-electron chi connectivity index (χ3n) is 6.70. The van der Waals surface area contributed by atoms with Crippen molar-refractivity contribution in [3.8, 4) is 11.3 Å². The van der Waals surface area contributed by atoms with Gasteiger partial charge in [0.15, 0.2) is 0 Å². The highest BCUT2D eigenvalue weighted by molar-refractivity contribution is 5.99. The zero-order valence-electron chi connectivity index (χ0n) is 18.8. The molecule has 4 heterocycles. The molecule has 1 saturated heterocycles. The normalized spacial score (nSPS) is 17.1. The second-order valence-electron chi connectivity index (χ2n) is 9.60. The first-order chi connectivity index (χ1) is 15.8. The molecule has 0 saturated carbocycles. The van der Waals surface area contributed by atoms with Crippen LogP contribution in [-0.2, 0) is 13.0 Å². The summed E-state index contributed by atoms with van der Waals surface area (Å²) in [6.45, 7) is 6.85. The van der Waals surface area contributed by atoms with Crippen LogP contribution >= 0.6 is 0 Å². The molecule has 3 aromatic rings. The maximum Gasteiger partial charge on any atom is 0.253 e. The summed E-state index contributed by atoms with van der Waals surface area (Å²) in [4.78, 5) is 23.8. The Morgan fingerprint density at radius 2 is 1.79 bits per heavy atom. The highest BCUT2D eigenvalue weighted by Crippen LogP contribution is 2.33. The van der Waals surface area contributed by atoms with Crippen molar-refractivity contribution >= 4 is 11.6 Å². The van der Waals surface area contributed by atoms with E-state index in [1.807, 2.05) is 12.3 Å². The SMILES string of the molecule is CC1(C)CCN(c2ccc(Cc3cc(-c4c(F)cccc4F)nc4c3C(=O)NC4)nc2)CC1. The van der Waals surface area contributed by atoms with E-state index in [4.69, 9.17) is 0 Å². The molecule has 0 aliphatic carbocycles. The molecule has 0 bridgehead atoms. The van der Waals surface area contributed by atoms with Crippen LogP contribution in [0.15, 0.2) is 42.6 Å². The zero-order chi connectivity index (χ0) is 23.2. The second kappa shape index (κ2) is 8.21. The maximum atomic E-state index is 14.4. The van der Waals surface area contributed by atoms with Crippen LogP contribution in [0.3, 0.4) is 0 Å².